The molecule has 14 heteroatoms. The molecule has 2 aromatic rings. The number of anilines is 1. The predicted octanol–water partition coefficient (Wildman–Crippen LogP) is 3.56. The Balaban J connectivity index is 1.40. The maximum Gasteiger partial charge on any atom is 0.352 e. The number of benzene rings is 2. The molecule has 42 heavy (non-hydrogen) atoms. The van der Waals surface area contributed by atoms with E-state index < -0.39 is 53.3 Å². The lowest BCUT2D eigenvalue weighted by atomic mass is 9.86. The van der Waals surface area contributed by atoms with Gasteiger partial charge in [-0.3, -0.25) is 4.79 Å². The fourth-order valence-electron chi connectivity index (χ4n) is 5.20. The molecule has 4 rings (SSSR count). The van der Waals surface area contributed by atoms with E-state index in [4.69, 9.17) is 9.47 Å². The molecule has 2 heterocycles. The topological polar surface area (TPSA) is 113 Å². The van der Waals surface area contributed by atoms with E-state index in [2.05, 4.69) is 15.6 Å². The molecule has 2 N–H and O–H groups in total. The number of carbonyl (C=O) groups is 3. The molecule has 0 aliphatic carbocycles. The lowest BCUT2D eigenvalue weighted by molar-refractivity contribution is -0.144. The molecule has 1 fully saturated rings. The minimum atomic E-state index is -1.38. The third kappa shape index (κ3) is 7.05. The maximum absolute atomic E-state index is 14.2. The van der Waals surface area contributed by atoms with Gasteiger partial charge in [0.25, 0.3) is 0 Å². The van der Waals surface area contributed by atoms with Gasteiger partial charge >= 0.3 is 18.0 Å². The summed E-state index contributed by atoms with van der Waals surface area (Å²) in [6.45, 7) is 1.31. The van der Waals surface area contributed by atoms with Crippen LogP contribution in [0.3, 0.4) is 0 Å². The van der Waals surface area contributed by atoms with E-state index >= 15 is 0 Å². The van der Waals surface area contributed by atoms with Crippen LogP contribution in [0, 0.1) is 29.2 Å². The van der Waals surface area contributed by atoms with Crippen molar-refractivity contribution < 1.29 is 41.4 Å². The number of carbonyl (C=O) groups excluding carboxylic acids is 3. The number of piperidine rings is 1. The fourth-order valence-corrected chi connectivity index (χ4v) is 5.20. The number of rotatable bonds is 9. The van der Waals surface area contributed by atoms with Crippen LogP contribution in [0.1, 0.15) is 24.4 Å². The maximum atomic E-state index is 14.2. The van der Waals surface area contributed by atoms with Gasteiger partial charge in [-0.2, -0.15) is 4.99 Å². The van der Waals surface area contributed by atoms with Crippen molar-refractivity contribution in [1.82, 2.24) is 15.5 Å². The van der Waals surface area contributed by atoms with Crippen LogP contribution in [0.2, 0.25) is 0 Å². The zero-order valence-corrected chi connectivity index (χ0v) is 23.0. The summed E-state index contributed by atoms with van der Waals surface area (Å²) in [4.78, 5) is 45.5. The van der Waals surface area contributed by atoms with E-state index in [9.17, 15) is 31.9 Å². The number of halogens is 4. The summed E-state index contributed by atoms with van der Waals surface area (Å²) < 4.78 is 65.0. The first-order valence-corrected chi connectivity index (χ1v) is 13.3. The molecular formula is C28H31F4N5O5. The Morgan fingerprint density at radius 1 is 0.976 bits per heavy atom. The lowest BCUT2D eigenvalue weighted by Gasteiger charge is -2.37. The van der Waals surface area contributed by atoms with Gasteiger partial charge in [-0.1, -0.05) is 6.07 Å². The highest BCUT2D eigenvalue weighted by Gasteiger charge is 2.47. The van der Waals surface area contributed by atoms with Gasteiger partial charge in [-0.25, -0.2) is 32.1 Å². The third-order valence-electron chi connectivity index (χ3n) is 7.19. The summed E-state index contributed by atoms with van der Waals surface area (Å²) in [5.41, 5.74) is 0.433. The van der Waals surface area contributed by atoms with Gasteiger partial charge in [0.2, 0.25) is 0 Å². The smallest absolute Gasteiger partial charge is 0.352 e. The second-order valence-electron chi connectivity index (χ2n) is 9.88. The highest BCUT2D eigenvalue weighted by molar-refractivity contribution is 6.12. The summed E-state index contributed by atoms with van der Waals surface area (Å²) in [6.07, 6.45) is 1.37. The Kier molecular flexibility index (Phi) is 10.1. The summed E-state index contributed by atoms with van der Waals surface area (Å²) in [5.74, 6) is -5.82. The minimum Gasteiger partial charge on any atom is -0.468 e. The first kappa shape index (κ1) is 30.9. The van der Waals surface area contributed by atoms with E-state index in [0.29, 0.717) is 43.1 Å². The van der Waals surface area contributed by atoms with Crippen molar-refractivity contribution in [3.05, 3.63) is 65.2 Å². The van der Waals surface area contributed by atoms with E-state index in [1.165, 1.54) is 25.3 Å². The Hall–Kier alpha value is -4.04. The largest absolute Gasteiger partial charge is 0.468 e. The number of aliphatic imine (C=N–C) groups is 1. The van der Waals surface area contributed by atoms with E-state index in [1.54, 1.807) is 0 Å². The lowest BCUT2D eigenvalue weighted by Crippen LogP contribution is -2.54. The van der Waals surface area contributed by atoms with Crippen LogP contribution in [0.15, 0.2) is 41.4 Å². The minimum absolute atomic E-state index is 0.0145. The highest BCUT2D eigenvalue weighted by atomic mass is 19.2. The summed E-state index contributed by atoms with van der Waals surface area (Å²) >= 11 is 0. The van der Waals surface area contributed by atoms with E-state index in [-0.39, 0.29) is 30.5 Å². The van der Waals surface area contributed by atoms with Crippen molar-refractivity contribution in [1.29, 1.82) is 0 Å². The molecule has 0 radical (unpaired) electrons. The van der Waals surface area contributed by atoms with Crippen molar-refractivity contribution in [2.24, 2.45) is 10.9 Å². The SMILES string of the molecule is COCC1=NC(=O)N(C(=O)NCCNC2CCN(c3cc(F)cc(F)c3)CC2)[C@@H](c2ccc(F)c(F)c2)C1C(=O)OC. The molecule has 0 bridgehead atoms. The van der Waals surface area contributed by atoms with Crippen molar-refractivity contribution >= 4 is 29.4 Å². The van der Waals surface area contributed by atoms with Crippen LogP contribution >= 0.6 is 0 Å². The fraction of sp³-hybridized carbons (Fsp3) is 0.429. The molecule has 10 nitrogen and oxygen atoms in total. The standard InChI is InChI=1S/C28H31F4N5O5/c1-41-15-23-24(26(38)42-2)25(16-3-4-21(31)22(32)11-16)37(28(40)35-23)27(39)34-8-7-33-19-5-9-36(10-6-19)20-13-17(29)12-18(30)14-20/h3-4,11-14,19,24-25,33H,5-10,15H2,1-2H3,(H,34,39)/t24?,25-/m0/s1. The van der Waals surface area contributed by atoms with Crippen LogP contribution in [-0.2, 0) is 14.3 Å². The molecule has 1 saturated heterocycles. The highest BCUT2D eigenvalue weighted by Crippen LogP contribution is 2.36. The van der Waals surface area contributed by atoms with Crippen molar-refractivity contribution in [3.63, 3.8) is 0 Å². The Labute approximate surface area is 239 Å². The third-order valence-corrected chi connectivity index (χ3v) is 7.19. The van der Waals surface area contributed by atoms with Crippen LogP contribution in [0.4, 0.5) is 32.8 Å². The summed E-state index contributed by atoms with van der Waals surface area (Å²) in [7, 11) is 2.44. The number of hydrogen-bond acceptors (Lipinski definition) is 7. The second kappa shape index (κ2) is 13.7. The zero-order valence-electron chi connectivity index (χ0n) is 23.0. The van der Waals surface area contributed by atoms with Gasteiger partial charge in [0.05, 0.1) is 25.5 Å². The van der Waals surface area contributed by atoms with Crippen molar-refractivity contribution in [3.8, 4) is 0 Å². The Morgan fingerprint density at radius 3 is 2.29 bits per heavy atom. The Morgan fingerprint density at radius 2 is 1.67 bits per heavy atom. The number of nitrogens with one attached hydrogen (secondary N) is 2. The molecule has 226 valence electrons. The molecule has 2 aliphatic rings. The number of nitrogens with zero attached hydrogens (tertiary/aromatic N) is 3. The van der Waals surface area contributed by atoms with Gasteiger partial charge in [-0.05, 0) is 42.7 Å². The van der Waals surface area contributed by atoms with Gasteiger partial charge in [0.1, 0.15) is 17.6 Å². The molecule has 4 amide bonds. The van der Waals surface area contributed by atoms with Gasteiger partial charge < -0.3 is 25.0 Å². The van der Waals surface area contributed by atoms with E-state index in [0.717, 1.165) is 25.3 Å². The summed E-state index contributed by atoms with van der Waals surface area (Å²) in [6, 6.07) is 3.01. The van der Waals surface area contributed by atoms with Gasteiger partial charge in [0.15, 0.2) is 11.6 Å². The van der Waals surface area contributed by atoms with Crippen LogP contribution in [0.25, 0.3) is 0 Å². The molecular weight excluding hydrogens is 562 g/mol. The second-order valence-corrected chi connectivity index (χ2v) is 9.88. The monoisotopic (exact) mass is 593 g/mol. The average Bonchev–Trinajstić information content (AvgIpc) is 2.96. The van der Waals surface area contributed by atoms with Crippen LogP contribution in [-0.4, -0.2) is 81.7 Å². The molecule has 0 spiro atoms. The predicted molar refractivity (Wildman–Crippen MR) is 144 cm³/mol. The van der Waals surface area contributed by atoms with Crippen molar-refractivity contribution in [2.45, 2.75) is 24.9 Å². The molecule has 1 unspecified atom stereocenters. The molecule has 0 aromatic heterocycles. The first-order chi connectivity index (χ1) is 20.1. The number of esters is 1. The van der Waals surface area contributed by atoms with E-state index in [1.807, 2.05) is 4.90 Å². The Bertz CT molecular complexity index is 1330. The zero-order chi connectivity index (χ0) is 30.4. The quantitative estimate of drug-likeness (QED) is 0.260. The van der Waals surface area contributed by atoms with Crippen LogP contribution in [0.5, 0.6) is 0 Å². The molecule has 2 aromatic carbocycles. The summed E-state index contributed by atoms with van der Waals surface area (Å²) in [5, 5.41) is 5.91. The van der Waals surface area contributed by atoms with Crippen molar-refractivity contribution in [2.75, 3.05) is 51.9 Å². The normalized spacial score (nSPS) is 19.5. The number of ether oxygens (including phenoxy) is 2. The molecule has 0 saturated carbocycles. The van der Waals surface area contributed by atoms with Crippen LogP contribution < -0.4 is 15.5 Å². The number of imide groups is 1. The number of methoxy groups -OCH3 is 2. The number of hydrogen-bond donors (Lipinski definition) is 2. The van der Waals surface area contributed by atoms with Gasteiger partial charge in [-0.15, -0.1) is 0 Å². The number of urea groups is 2. The first-order valence-electron chi connectivity index (χ1n) is 13.3. The number of amides is 4. The molecule has 2 atom stereocenters. The average molecular weight is 594 g/mol. The molecule has 2 aliphatic heterocycles. The van der Waals surface area contributed by atoms with Gasteiger partial charge in [0, 0.05) is 51.1 Å².